The number of primary amides is 1. The van der Waals surface area contributed by atoms with Gasteiger partial charge in [0.15, 0.2) is 0 Å². The summed E-state index contributed by atoms with van der Waals surface area (Å²) in [5.74, 6) is -1.67. The molecule has 0 heterocycles. The van der Waals surface area contributed by atoms with Crippen LogP contribution < -0.4 is 10.6 Å². The molecule has 0 aliphatic carbocycles. The number of Topliss-reactive ketones (excluding diaryl/α,β-unsaturated/α-hetero) is 1. The second-order valence-electron chi connectivity index (χ2n) is 3.50. The molecule has 96 valence electrons. The Hall–Kier alpha value is -2.37. The summed E-state index contributed by atoms with van der Waals surface area (Å²) in [4.78, 5) is 35.1. The first-order valence-corrected chi connectivity index (χ1v) is 5.32. The molecule has 6 heteroatoms. The number of anilines is 1. The van der Waals surface area contributed by atoms with Gasteiger partial charge in [0.1, 0.15) is 0 Å². The van der Waals surface area contributed by atoms with Crippen LogP contribution in [0.1, 0.15) is 17.3 Å². The quantitative estimate of drug-likeness (QED) is 0.489. The Kier molecular flexibility index (Phi) is 4.42. The van der Waals surface area contributed by atoms with Crippen LogP contribution >= 0.6 is 0 Å². The van der Waals surface area contributed by atoms with Gasteiger partial charge in [0.05, 0.1) is 6.61 Å². The summed E-state index contributed by atoms with van der Waals surface area (Å²) < 4.78 is 4.61. The predicted molar refractivity (Wildman–Crippen MR) is 65.4 cm³/mol. The lowest BCUT2D eigenvalue weighted by molar-refractivity contribution is -0.137. The number of esters is 1. The van der Waals surface area contributed by atoms with Gasteiger partial charge >= 0.3 is 12.0 Å². The van der Waals surface area contributed by atoms with Crippen molar-refractivity contribution >= 4 is 23.5 Å². The van der Waals surface area contributed by atoms with Crippen molar-refractivity contribution in [1.82, 2.24) is 0 Å². The number of ether oxygens (including phenoxy) is 1. The van der Waals surface area contributed by atoms with Crippen molar-refractivity contribution < 1.29 is 19.1 Å². The number of hydrogen-bond acceptors (Lipinski definition) is 4. The predicted octanol–water partition coefficient (Wildman–Crippen LogP) is 0.947. The molecule has 0 unspecified atom stereocenters. The third kappa shape index (κ3) is 3.07. The number of rotatable bonds is 4. The van der Waals surface area contributed by atoms with Crippen molar-refractivity contribution in [1.29, 1.82) is 0 Å². The summed E-state index contributed by atoms with van der Waals surface area (Å²) in [6.07, 6.45) is 0. The molecule has 0 fully saturated rings. The number of carbonyl (C=O) groups excluding carboxylic acids is 3. The Balaban J connectivity index is 2.98. The number of amides is 2. The number of ketones is 1. The molecule has 18 heavy (non-hydrogen) atoms. The van der Waals surface area contributed by atoms with Gasteiger partial charge < -0.3 is 10.5 Å². The van der Waals surface area contributed by atoms with E-state index in [0.717, 1.165) is 0 Å². The van der Waals surface area contributed by atoms with Crippen molar-refractivity contribution in [2.45, 2.75) is 6.92 Å². The fourth-order valence-corrected chi connectivity index (χ4v) is 1.30. The average Bonchev–Trinajstić information content (AvgIpc) is 2.37. The fraction of sp³-hybridized carbons (Fsp3) is 0.250. The van der Waals surface area contributed by atoms with Gasteiger partial charge in [0, 0.05) is 18.3 Å². The minimum absolute atomic E-state index is 0.130. The Morgan fingerprint density at radius 2 is 2.00 bits per heavy atom. The highest BCUT2D eigenvalue weighted by atomic mass is 16.5. The molecule has 0 aliphatic heterocycles. The number of urea groups is 1. The molecule has 0 spiro atoms. The molecular weight excluding hydrogens is 236 g/mol. The fourth-order valence-electron chi connectivity index (χ4n) is 1.30. The van der Waals surface area contributed by atoms with Crippen molar-refractivity contribution in [3.8, 4) is 0 Å². The van der Waals surface area contributed by atoms with E-state index in [2.05, 4.69) is 4.74 Å². The van der Waals surface area contributed by atoms with Crippen LogP contribution in [0.5, 0.6) is 0 Å². The largest absolute Gasteiger partial charge is 0.460 e. The smallest absolute Gasteiger partial charge is 0.379 e. The molecule has 2 amide bonds. The molecular formula is C12H14N2O4. The second kappa shape index (κ2) is 5.81. The standard InChI is InChI=1S/C12H14N2O4/c1-3-18-11(16)10(15)8-5-4-6-9(7-8)14(2)12(13)17/h4-7H,3H2,1-2H3,(H2,13,17). The Morgan fingerprint density at radius 1 is 1.33 bits per heavy atom. The lowest BCUT2D eigenvalue weighted by atomic mass is 10.1. The minimum Gasteiger partial charge on any atom is -0.460 e. The molecule has 1 aromatic carbocycles. The van der Waals surface area contributed by atoms with E-state index in [1.165, 1.54) is 24.1 Å². The minimum atomic E-state index is -0.920. The van der Waals surface area contributed by atoms with Crippen LogP contribution in [0.4, 0.5) is 10.5 Å². The van der Waals surface area contributed by atoms with Gasteiger partial charge in [-0.25, -0.2) is 9.59 Å². The molecule has 0 atom stereocenters. The first-order chi connectivity index (χ1) is 8.47. The van der Waals surface area contributed by atoms with Crippen LogP contribution in [0.15, 0.2) is 24.3 Å². The first kappa shape index (κ1) is 13.7. The van der Waals surface area contributed by atoms with Gasteiger partial charge in [0.25, 0.3) is 5.78 Å². The summed E-state index contributed by atoms with van der Waals surface area (Å²) in [7, 11) is 1.47. The summed E-state index contributed by atoms with van der Waals surface area (Å²) in [6.45, 7) is 1.74. The average molecular weight is 250 g/mol. The maximum Gasteiger partial charge on any atom is 0.379 e. The van der Waals surface area contributed by atoms with E-state index in [1.54, 1.807) is 19.1 Å². The van der Waals surface area contributed by atoms with Crippen molar-refractivity contribution in [3.63, 3.8) is 0 Å². The molecule has 0 saturated heterocycles. The topological polar surface area (TPSA) is 89.7 Å². The van der Waals surface area contributed by atoms with E-state index in [1.807, 2.05) is 0 Å². The van der Waals surface area contributed by atoms with Crippen molar-refractivity contribution in [3.05, 3.63) is 29.8 Å². The maximum atomic E-state index is 11.7. The summed E-state index contributed by atoms with van der Waals surface area (Å²) in [5.41, 5.74) is 5.69. The Bertz CT molecular complexity index is 485. The van der Waals surface area contributed by atoms with Crippen LogP contribution in [0.25, 0.3) is 0 Å². The highest BCUT2D eigenvalue weighted by Gasteiger charge is 2.18. The van der Waals surface area contributed by atoms with E-state index < -0.39 is 17.8 Å². The maximum absolute atomic E-state index is 11.7. The van der Waals surface area contributed by atoms with Crippen LogP contribution in [-0.4, -0.2) is 31.4 Å². The van der Waals surface area contributed by atoms with Crippen LogP contribution in [0, 0.1) is 0 Å². The third-order valence-corrected chi connectivity index (χ3v) is 2.29. The van der Waals surface area contributed by atoms with E-state index in [-0.39, 0.29) is 12.2 Å². The highest BCUT2D eigenvalue weighted by molar-refractivity contribution is 6.40. The van der Waals surface area contributed by atoms with E-state index in [9.17, 15) is 14.4 Å². The van der Waals surface area contributed by atoms with Crippen LogP contribution in [-0.2, 0) is 9.53 Å². The summed E-state index contributed by atoms with van der Waals surface area (Å²) in [5, 5.41) is 0. The molecule has 1 aromatic rings. The summed E-state index contributed by atoms with van der Waals surface area (Å²) in [6, 6.07) is 5.38. The molecule has 0 radical (unpaired) electrons. The Morgan fingerprint density at radius 3 is 2.56 bits per heavy atom. The number of benzene rings is 1. The van der Waals surface area contributed by atoms with E-state index in [4.69, 9.17) is 5.73 Å². The van der Waals surface area contributed by atoms with E-state index >= 15 is 0 Å². The van der Waals surface area contributed by atoms with Crippen molar-refractivity contribution in [2.24, 2.45) is 5.73 Å². The number of carbonyl (C=O) groups is 3. The molecule has 0 saturated carbocycles. The van der Waals surface area contributed by atoms with E-state index in [0.29, 0.717) is 5.69 Å². The molecule has 2 N–H and O–H groups in total. The highest BCUT2D eigenvalue weighted by Crippen LogP contribution is 2.15. The van der Waals surface area contributed by atoms with Gasteiger partial charge in [-0.3, -0.25) is 9.69 Å². The second-order valence-corrected chi connectivity index (χ2v) is 3.50. The first-order valence-electron chi connectivity index (χ1n) is 5.32. The van der Waals surface area contributed by atoms with Crippen molar-refractivity contribution in [2.75, 3.05) is 18.6 Å². The SMILES string of the molecule is CCOC(=O)C(=O)c1cccc(N(C)C(N)=O)c1. The normalized spacial score (nSPS) is 9.67. The molecule has 1 rings (SSSR count). The number of hydrogen-bond donors (Lipinski definition) is 1. The zero-order valence-electron chi connectivity index (χ0n) is 10.2. The number of nitrogens with zero attached hydrogens (tertiary/aromatic N) is 1. The summed E-state index contributed by atoms with van der Waals surface area (Å²) >= 11 is 0. The zero-order chi connectivity index (χ0) is 13.7. The van der Waals surface area contributed by atoms with Gasteiger partial charge in [-0.15, -0.1) is 0 Å². The lowest BCUT2D eigenvalue weighted by Gasteiger charge is -2.14. The van der Waals surface area contributed by atoms with Gasteiger partial charge in [-0.1, -0.05) is 12.1 Å². The molecule has 0 bridgehead atoms. The van der Waals surface area contributed by atoms with Gasteiger partial charge in [-0.2, -0.15) is 0 Å². The third-order valence-electron chi connectivity index (χ3n) is 2.29. The molecule has 6 nitrogen and oxygen atoms in total. The van der Waals surface area contributed by atoms with Crippen LogP contribution in [0.3, 0.4) is 0 Å². The Labute approximate surface area is 104 Å². The molecule has 0 aliphatic rings. The van der Waals surface area contributed by atoms with Crippen LogP contribution in [0.2, 0.25) is 0 Å². The number of nitrogens with two attached hydrogens (primary N) is 1. The zero-order valence-corrected chi connectivity index (χ0v) is 10.2. The van der Waals surface area contributed by atoms with Gasteiger partial charge in [-0.05, 0) is 19.1 Å². The molecule has 0 aromatic heterocycles. The van der Waals surface area contributed by atoms with Gasteiger partial charge in [0.2, 0.25) is 0 Å². The lowest BCUT2D eigenvalue weighted by Crippen LogP contribution is -2.31. The monoisotopic (exact) mass is 250 g/mol.